The van der Waals surface area contributed by atoms with Gasteiger partial charge in [0.2, 0.25) is 11.8 Å². The Kier molecular flexibility index (Phi) is 8.35. The number of nitrogens with one attached hydrogen (secondary N) is 2. The quantitative estimate of drug-likeness (QED) is 0.272. The van der Waals surface area contributed by atoms with Crippen LogP contribution < -0.4 is 10.2 Å². The summed E-state index contributed by atoms with van der Waals surface area (Å²) >= 11 is 0. The van der Waals surface area contributed by atoms with Crippen molar-refractivity contribution >= 4 is 46.0 Å². The summed E-state index contributed by atoms with van der Waals surface area (Å²) in [5.74, 6) is -1.81. The number of rotatable bonds is 6. The minimum atomic E-state index is -0.961. The number of ketones is 1. The molecule has 0 radical (unpaired) electrons. The van der Waals surface area contributed by atoms with Crippen molar-refractivity contribution < 1.29 is 24.0 Å². The van der Waals surface area contributed by atoms with Crippen molar-refractivity contribution in [2.24, 2.45) is 0 Å². The fourth-order valence-electron chi connectivity index (χ4n) is 9.66. The van der Waals surface area contributed by atoms with Gasteiger partial charge in [0.25, 0.3) is 11.8 Å². The zero-order valence-corrected chi connectivity index (χ0v) is 31.2. The molecule has 1 unspecified atom stereocenters. The second kappa shape index (κ2) is 13.0. The Labute approximate surface area is 314 Å². The van der Waals surface area contributed by atoms with Crippen LogP contribution >= 0.6 is 0 Å². The highest BCUT2D eigenvalue weighted by molar-refractivity contribution is 6.23. The summed E-state index contributed by atoms with van der Waals surface area (Å²) in [6.45, 7) is 13.0. The van der Waals surface area contributed by atoms with E-state index in [1.807, 2.05) is 24.3 Å². The summed E-state index contributed by atoms with van der Waals surface area (Å²) in [7, 11) is 0. The van der Waals surface area contributed by atoms with E-state index in [-0.39, 0.29) is 29.9 Å². The maximum atomic E-state index is 14.0. The number of hydrogen-bond acceptors (Lipinski definition) is 8. The number of para-hydroxylation sites is 1. The molecule has 11 heteroatoms. The van der Waals surface area contributed by atoms with Gasteiger partial charge in [-0.05, 0) is 72.7 Å². The number of imide groups is 2. The summed E-state index contributed by atoms with van der Waals surface area (Å²) in [5.41, 5.74) is 8.52. The summed E-state index contributed by atoms with van der Waals surface area (Å²) in [5, 5.41) is 3.25. The first-order valence-corrected chi connectivity index (χ1v) is 19.4. The molecule has 4 aliphatic heterocycles. The Bertz CT molecular complexity index is 2260. The minimum Gasteiger partial charge on any atom is -0.371 e. The molecule has 3 saturated heterocycles. The Morgan fingerprint density at radius 3 is 2.28 bits per heavy atom. The van der Waals surface area contributed by atoms with Crippen LogP contribution in [0.5, 0.6) is 0 Å². The predicted octanol–water partition coefficient (Wildman–Crippen LogP) is 4.79. The molecule has 9 rings (SSSR count). The second-order valence-corrected chi connectivity index (χ2v) is 16.1. The number of hydrogen-bond donors (Lipinski definition) is 2. The third-order valence-electron chi connectivity index (χ3n) is 12.7. The summed E-state index contributed by atoms with van der Waals surface area (Å²) in [6, 6.07) is 17.6. The number of carbonyl (C=O) groups is 5. The summed E-state index contributed by atoms with van der Waals surface area (Å²) in [6.07, 6.45) is 3.28. The first kappa shape index (κ1) is 34.6. The third kappa shape index (κ3) is 5.50. The highest BCUT2D eigenvalue weighted by Gasteiger charge is 2.45. The topological polar surface area (TPSA) is 126 Å². The highest BCUT2D eigenvalue weighted by Crippen LogP contribution is 2.46. The van der Waals surface area contributed by atoms with Gasteiger partial charge in [0.15, 0.2) is 5.78 Å². The van der Waals surface area contributed by atoms with Crippen LogP contribution in [0, 0.1) is 0 Å². The van der Waals surface area contributed by atoms with Gasteiger partial charge < -0.3 is 9.88 Å². The fraction of sp³-hybridized carbons (Fsp3) is 0.419. The van der Waals surface area contributed by atoms with Crippen LogP contribution in [-0.4, -0.2) is 100 Å². The number of fused-ring (bicyclic) bond motifs is 5. The molecular formula is C43H46N6O5. The minimum absolute atomic E-state index is 0.101. The van der Waals surface area contributed by atoms with Gasteiger partial charge in [0.05, 0.1) is 16.7 Å². The lowest BCUT2D eigenvalue weighted by molar-refractivity contribution is -0.136. The van der Waals surface area contributed by atoms with Gasteiger partial charge in [0.1, 0.15) is 6.04 Å². The lowest BCUT2D eigenvalue weighted by atomic mass is 9.70. The molecule has 5 aliphatic rings. The molecule has 1 atom stereocenters. The van der Waals surface area contributed by atoms with Crippen LogP contribution in [0.15, 0.2) is 54.6 Å². The first-order chi connectivity index (χ1) is 26.0. The van der Waals surface area contributed by atoms with Gasteiger partial charge in [-0.2, -0.15) is 0 Å². The van der Waals surface area contributed by atoms with Crippen molar-refractivity contribution in [3.63, 3.8) is 0 Å². The van der Waals surface area contributed by atoms with Crippen molar-refractivity contribution in [2.45, 2.75) is 76.9 Å². The molecule has 5 heterocycles. The second-order valence-electron chi connectivity index (χ2n) is 16.1. The van der Waals surface area contributed by atoms with Crippen LogP contribution in [0.1, 0.15) is 105 Å². The highest BCUT2D eigenvalue weighted by atomic mass is 16.2. The number of aromatic amines is 1. The van der Waals surface area contributed by atoms with Crippen molar-refractivity contribution in [3.8, 4) is 0 Å². The standard InChI is InChI=1S/C43H46N6O5/c1-4-26-22-31-32(43(2,3)39-37(38(31)51)29-7-5-6-8-33(29)44-39)23-35(26)48-15-13-27(14-16-48)47-19-17-46(18-20-47)24-25-9-10-28-30(21-25)42(54)49(41(28)53)34-11-12-36(50)45-40(34)52/h5-10,21-23,27,34,44H,4,11-20,24H2,1-3H3,(H,45,50,52). The maximum Gasteiger partial charge on any atom is 0.262 e. The number of anilines is 1. The van der Waals surface area contributed by atoms with E-state index in [1.165, 1.54) is 11.3 Å². The van der Waals surface area contributed by atoms with Crippen LogP contribution in [0.4, 0.5) is 5.69 Å². The van der Waals surface area contributed by atoms with Crippen LogP contribution in [0.2, 0.25) is 0 Å². The smallest absolute Gasteiger partial charge is 0.262 e. The Hall–Kier alpha value is -5.13. The van der Waals surface area contributed by atoms with Crippen LogP contribution in [-0.2, 0) is 28.0 Å². The Morgan fingerprint density at radius 1 is 0.796 bits per heavy atom. The Balaban J connectivity index is 0.832. The summed E-state index contributed by atoms with van der Waals surface area (Å²) < 4.78 is 0. The zero-order valence-electron chi connectivity index (χ0n) is 31.2. The molecule has 0 spiro atoms. The first-order valence-electron chi connectivity index (χ1n) is 19.4. The van der Waals surface area contributed by atoms with Gasteiger partial charge in [-0.25, -0.2) is 0 Å². The maximum absolute atomic E-state index is 14.0. The molecular weight excluding hydrogens is 681 g/mol. The molecule has 1 aromatic heterocycles. The van der Waals surface area contributed by atoms with Gasteiger partial charge >= 0.3 is 0 Å². The van der Waals surface area contributed by atoms with Crippen molar-refractivity contribution in [1.82, 2.24) is 25.0 Å². The van der Waals surface area contributed by atoms with E-state index < -0.39 is 23.8 Å². The van der Waals surface area contributed by atoms with E-state index in [4.69, 9.17) is 0 Å². The molecule has 278 valence electrons. The van der Waals surface area contributed by atoms with Crippen LogP contribution in [0.3, 0.4) is 0 Å². The van der Waals surface area contributed by atoms with E-state index in [2.05, 4.69) is 64.0 Å². The SMILES string of the molecule is CCc1cc2c(cc1N1CCC(N3CCN(Cc4ccc5c(c4)C(=O)N(C4CCC(=O)NC4=O)C5=O)CC3)CC1)C(C)(C)c1[nH]c3ccccc3c1C2=O. The molecule has 0 bridgehead atoms. The molecule has 4 aromatic rings. The average Bonchev–Trinajstić information content (AvgIpc) is 3.69. The number of piperazine rings is 1. The molecule has 54 heavy (non-hydrogen) atoms. The van der Waals surface area contributed by atoms with E-state index in [9.17, 15) is 24.0 Å². The van der Waals surface area contributed by atoms with Gasteiger partial charge in [-0.3, -0.25) is 44.0 Å². The molecule has 1 aliphatic carbocycles. The number of benzene rings is 3. The van der Waals surface area contributed by atoms with Crippen LogP contribution in [0.25, 0.3) is 10.9 Å². The van der Waals surface area contributed by atoms with E-state index in [1.54, 1.807) is 12.1 Å². The average molecular weight is 727 g/mol. The third-order valence-corrected chi connectivity index (χ3v) is 12.7. The number of aryl methyl sites for hydroxylation is 1. The van der Waals surface area contributed by atoms with Gasteiger partial charge in [0, 0.05) is 91.5 Å². The molecule has 11 nitrogen and oxygen atoms in total. The summed E-state index contributed by atoms with van der Waals surface area (Å²) in [4.78, 5) is 76.7. The molecule has 3 fully saturated rings. The lowest BCUT2D eigenvalue weighted by Crippen LogP contribution is -2.54. The largest absolute Gasteiger partial charge is 0.371 e. The molecule has 2 N–H and O–H groups in total. The lowest BCUT2D eigenvalue weighted by Gasteiger charge is -2.44. The van der Waals surface area contributed by atoms with Crippen molar-refractivity contribution in [1.29, 1.82) is 0 Å². The zero-order chi connectivity index (χ0) is 37.5. The number of H-pyrrole nitrogens is 1. The molecule has 0 saturated carbocycles. The number of aromatic nitrogens is 1. The van der Waals surface area contributed by atoms with Gasteiger partial charge in [-0.1, -0.05) is 45.0 Å². The monoisotopic (exact) mass is 726 g/mol. The molecule has 4 amide bonds. The van der Waals surface area contributed by atoms with Crippen molar-refractivity contribution in [2.75, 3.05) is 44.2 Å². The number of amides is 4. The number of carbonyl (C=O) groups excluding carboxylic acids is 5. The predicted molar refractivity (Wildman–Crippen MR) is 205 cm³/mol. The van der Waals surface area contributed by atoms with Crippen molar-refractivity contribution in [3.05, 3.63) is 99.2 Å². The van der Waals surface area contributed by atoms with Gasteiger partial charge in [-0.15, -0.1) is 0 Å². The molecule has 3 aromatic carbocycles. The normalized spacial score (nSPS) is 22.1. The fourth-order valence-corrected chi connectivity index (χ4v) is 9.66. The number of nitrogens with zero attached hydrogens (tertiary/aromatic N) is 4. The number of piperidine rings is 2. The van der Waals surface area contributed by atoms with E-state index in [0.29, 0.717) is 23.7 Å². The van der Waals surface area contributed by atoms with E-state index in [0.717, 1.165) is 102 Å². The van der Waals surface area contributed by atoms with E-state index >= 15 is 0 Å². The Morgan fingerprint density at radius 2 is 1.54 bits per heavy atom.